The topological polar surface area (TPSA) is 59.1 Å². The number of hydrogen-bond donors (Lipinski definition) is 0. The first kappa shape index (κ1) is 20.7. The predicted octanol–water partition coefficient (Wildman–Crippen LogP) is 2.91. The highest BCUT2D eigenvalue weighted by molar-refractivity contribution is 5.79. The summed E-state index contributed by atoms with van der Waals surface area (Å²) < 4.78 is 10.7. The molecular weight excluding hydrogens is 308 g/mol. The molecular formula is C18H34N2O4. The van der Waals surface area contributed by atoms with Crippen molar-refractivity contribution in [1.29, 1.82) is 0 Å². The summed E-state index contributed by atoms with van der Waals surface area (Å²) in [6, 6.07) is 0. The zero-order valence-corrected chi connectivity index (χ0v) is 16.0. The van der Waals surface area contributed by atoms with E-state index in [1.807, 2.05) is 39.5 Å². The number of carbonyl (C=O) groups excluding carboxylic acids is 2. The van der Waals surface area contributed by atoms with Crippen LogP contribution in [0.1, 0.15) is 53.9 Å². The van der Waals surface area contributed by atoms with Gasteiger partial charge >= 0.3 is 6.09 Å². The van der Waals surface area contributed by atoms with Crippen LogP contribution < -0.4 is 0 Å². The van der Waals surface area contributed by atoms with Crippen LogP contribution in [0.5, 0.6) is 0 Å². The van der Waals surface area contributed by atoms with Gasteiger partial charge in [-0.2, -0.15) is 0 Å². The monoisotopic (exact) mass is 342 g/mol. The van der Waals surface area contributed by atoms with Crippen LogP contribution in [0.4, 0.5) is 4.79 Å². The van der Waals surface area contributed by atoms with Gasteiger partial charge in [0.15, 0.2) is 0 Å². The summed E-state index contributed by atoms with van der Waals surface area (Å²) in [5.74, 6) is 0.302. The van der Waals surface area contributed by atoms with Gasteiger partial charge in [-0.05, 0) is 40.0 Å². The second kappa shape index (κ2) is 9.87. The molecule has 0 radical (unpaired) electrons. The molecule has 2 aliphatic rings. The van der Waals surface area contributed by atoms with Gasteiger partial charge in [0, 0.05) is 45.3 Å². The molecule has 24 heavy (non-hydrogen) atoms. The lowest BCUT2D eigenvalue weighted by Gasteiger charge is -2.29. The summed E-state index contributed by atoms with van der Waals surface area (Å²) in [6.07, 6.45) is 2.14. The Morgan fingerprint density at radius 2 is 1.50 bits per heavy atom. The minimum atomic E-state index is -0.485. The number of amides is 2. The van der Waals surface area contributed by atoms with Gasteiger partial charge in [0.1, 0.15) is 5.60 Å². The largest absolute Gasteiger partial charge is 0.444 e. The SMILES string of the molecule is CC.CC(C)(C)OC(=O)N1CCCN(C(=O)C2CCOCC2)CC1. The summed E-state index contributed by atoms with van der Waals surface area (Å²) in [5.41, 5.74) is -0.485. The lowest BCUT2D eigenvalue weighted by atomic mass is 9.98. The summed E-state index contributed by atoms with van der Waals surface area (Å²) in [5, 5.41) is 0. The molecule has 2 fully saturated rings. The fraction of sp³-hybridized carbons (Fsp3) is 0.889. The molecule has 2 amide bonds. The lowest BCUT2D eigenvalue weighted by molar-refractivity contribution is -0.138. The molecule has 0 aromatic heterocycles. The Morgan fingerprint density at radius 1 is 0.958 bits per heavy atom. The molecule has 0 atom stereocenters. The average molecular weight is 342 g/mol. The Balaban J connectivity index is 0.00000139. The fourth-order valence-electron chi connectivity index (χ4n) is 2.85. The van der Waals surface area contributed by atoms with Crippen molar-refractivity contribution in [3.8, 4) is 0 Å². The number of ether oxygens (including phenoxy) is 2. The Bertz CT molecular complexity index is 400. The quantitative estimate of drug-likeness (QED) is 0.735. The van der Waals surface area contributed by atoms with Crippen molar-refractivity contribution < 1.29 is 19.1 Å². The van der Waals surface area contributed by atoms with E-state index in [0.717, 1.165) is 25.8 Å². The van der Waals surface area contributed by atoms with E-state index in [9.17, 15) is 9.59 Å². The van der Waals surface area contributed by atoms with Gasteiger partial charge in [-0.1, -0.05) is 13.8 Å². The van der Waals surface area contributed by atoms with Crippen LogP contribution >= 0.6 is 0 Å². The Hall–Kier alpha value is -1.30. The van der Waals surface area contributed by atoms with E-state index in [-0.39, 0.29) is 17.9 Å². The van der Waals surface area contributed by atoms with Gasteiger partial charge < -0.3 is 19.3 Å². The molecule has 0 spiro atoms. The van der Waals surface area contributed by atoms with E-state index in [1.54, 1.807) is 4.90 Å². The molecule has 0 N–H and O–H groups in total. The third kappa shape index (κ3) is 6.67. The van der Waals surface area contributed by atoms with Crippen LogP contribution in [0.2, 0.25) is 0 Å². The molecule has 140 valence electrons. The second-order valence-electron chi connectivity index (χ2n) is 7.03. The van der Waals surface area contributed by atoms with E-state index < -0.39 is 5.60 Å². The van der Waals surface area contributed by atoms with Crippen LogP contribution in [0.3, 0.4) is 0 Å². The van der Waals surface area contributed by atoms with Gasteiger partial charge in [-0.3, -0.25) is 4.79 Å². The van der Waals surface area contributed by atoms with Gasteiger partial charge in [0.25, 0.3) is 0 Å². The molecule has 0 saturated carbocycles. The third-order valence-corrected chi connectivity index (χ3v) is 4.03. The lowest BCUT2D eigenvalue weighted by Crippen LogP contribution is -2.42. The number of carbonyl (C=O) groups is 2. The van der Waals surface area contributed by atoms with Gasteiger partial charge in [0.05, 0.1) is 0 Å². The molecule has 6 heteroatoms. The van der Waals surface area contributed by atoms with Gasteiger partial charge in [-0.25, -0.2) is 4.79 Å². The van der Waals surface area contributed by atoms with Crippen LogP contribution in [0.15, 0.2) is 0 Å². The first-order chi connectivity index (χ1) is 11.4. The van der Waals surface area contributed by atoms with Crippen LogP contribution in [0.25, 0.3) is 0 Å². The van der Waals surface area contributed by atoms with Gasteiger partial charge in [0.2, 0.25) is 5.91 Å². The fourth-order valence-corrected chi connectivity index (χ4v) is 2.85. The van der Waals surface area contributed by atoms with E-state index in [4.69, 9.17) is 9.47 Å². The minimum absolute atomic E-state index is 0.0850. The van der Waals surface area contributed by atoms with Crippen LogP contribution in [-0.4, -0.2) is 66.8 Å². The Labute approximate surface area is 146 Å². The smallest absolute Gasteiger partial charge is 0.410 e. The summed E-state index contributed by atoms with van der Waals surface area (Å²) >= 11 is 0. The van der Waals surface area contributed by atoms with Crippen molar-refractivity contribution in [2.45, 2.75) is 59.5 Å². The molecule has 2 aliphatic heterocycles. The summed E-state index contributed by atoms with van der Waals surface area (Å²) in [7, 11) is 0. The molecule has 2 rings (SSSR count). The molecule has 2 heterocycles. The highest BCUT2D eigenvalue weighted by Gasteiger charge is 2.29. The molecule has 6 nitrogen and oxygen atoms in total. The third-order valence-electron chi connectivity index (χ3n) is 4.03. The maximum atomic E-state index is 12.5. The van der Waals surface area contributed by atoms with Crippen molar-refractivity contribution >= 4 is 12.0 Å². The van der Waals surface area contributed by atoms with E-state index >= 15 is 0 Å². The summed E-state index contributed by atoms with van der Waals surface area (Å²) in [4.78, 5) is 28.3. The number of rotatable bonds is 1. The van der Waals surface area contributed by atoms with Crippen molar-refractivity contribution in [3.05, 3.63) is 0 Å². The first-order valence-corrected chi connectivity index (χ1v) is 9.21. The highest BCUT2D eigenvalue weighted by atomic mass is 16.6. The first-order valence-electron chi connectivity index (χ1n) is 9.21. The molecule has 0 bridgehead atoms. The molecule has 0 aliphatic carbocycles. The number of nitrogens with zero attached hydrogens (tertiary/aromatic N) is 2. The van der Waals surface area contributed by atoms with Crippen LogP contribution in [-0.2, 0) is 14.3 Å². The summed E-state index contributed by atoms with van der Waals surface area (Å²) in [6.45, 7) is 13.4. The molecule has 2 saturated heterocycles. The Kier molecular flexibility index (Phi) is 8.53. The van der Waals surface area contributed by atoms with Gasteiger partial charge in [-0.15, -0.1) is 0 Å². The normalized spacial score (nSPS) is 19.9. The standard InChI is InChI=1S/C16H28N2O4.C2H6/c1-16(2,3)22-15(20)18-8-4-7-17(9-10-18)14(19)13-5-11-21-12-6-13;1-2/h13H,4-12H2,1-3H3;1-2H3. The highest BCUT2D eigenvalue weighted by Crippen LogP contribution is 2.19. The van der Waals surface area contributed by atoms with E-state index in [1.165, 1.54) is 0 Å². The van der Waals surface area contributed by atoms with Crippen molar-refractivity contribution in [2.24, 2.45) is 5.92 Å². The zero-order chi connectivity index (χ0) is 18.2. The van der Waals surface area contributed by atoms with Crippen molar-refractivity contribution in [3.63, 3.8) is 0 Å². The van der Waals surface area contributed by atoms with Crippen molar-refractivity contribution in [1.82, 2.24) is 9.80 Å². The molecule has 0 aromatic carbocycles. The molecule has 0 aromatic rings. The van der Waals surface area contributed by atoms with Crippen LogP contribution in [0, 0.1) is 5.92 Å². The Morgan fingerprint density at radius 3 is 2.08 bits per heavy atom. The maximum Gasteiger partial charge on any atom is 0.410 e. The van der Waals surface area contributed by atoms with E-state index in [2.05, 4.69) is 0 Å². The molecule has 0 unspecified atom stereocenters. The minimum Gasteiger partial charge on any atom is -0.444 e. The average Bonchev–Trinajstić information content (AvgIpc) is 2.81. The second-order valence-corrected chi connectivity index (χ2v) is 7.03. The predicted molar refractivity (Wildman–Crippen MR) is 93.9 cm³/mol. The zero-order valence-electron chi connectivity index (χ0n) is 16.0. The maximum absolute atomic E-state index is 12.5. The van der Waals surface area contributed by atoms with Crippen molar-refractivity contribution in [2.75, 3.05) is 39.4 Å². The van der Waals surface area contributed by atoms with E-state index in [0.29, 0.717) is 32.8 Å². The number of hydrogen-bond acceptors (Lipinski definition) is 4.